The normalized spacial score (nSPS) is 11.7. The standard InChI is InChI=1S/C16H22O6/c1-3-9-20-15(21-10-8-17)12-22-14-7-5-6-13(11-14)16(18)19-4-2/h3,5-7,11,15,17H,1,4,8-10,12H2,2H3. The van der Waals surface area contributed by atoms with Crippen LogP contribution in [0.1, 0.15) is 17.3 Å². The van der Waals surface area contributed by atoms with Crippen LogP contribution in [0.15, 0.2) is 36.9 Å². The highest BCUT2D eigenvalue weighted by Gasteiger charge is 2.11. The van der Waals surface area contributed by atoms with Gasteiger partial charge in [-0.1, -0.05) is 12.1 Å². The SMILES string of the molecule is C=CCOC(COc1cccc(C(=O)OCC)c1)OCCO. The molecule has 6 nitrogen and oxygen atoms in total. The molecule has 1 unspecified atom stereocenters. The number of aliphatic hydroxyl groups is 1. The molecule has 1 N–H and O–H groups in total. The number of hydrogen-bond donors (Lipinski definition) is 1. The summed E-state index contributed by atoms with van der Waals surface area (Å²) in [5.41, 5.74) is 0.416. The van der Waals surface area contributed by atoms with E-state index in [0.717, 1.165) is 0 Å². The third kappa shape index (κ3) is 6.71. The van der Waals surface area contributed by atoms with Gasteiger partial charge in [0.15, 0.2) is 6.29 Å². The predicted molar refractivity (Wildman–Crippen MR) is 80.9 cm³/mol. The Morgan fingerprint density at radius 1 is 1.41 bits per heavy atom. The average molecular weight is 310 g/mol. The van der Waals surface area contributed by atoms with E-state index in [1.807, 2.05) is 0 Å². The number of ether oxygens (including phenoxy) is 4. The fraction of sp³-hybridized carbons (Fsp3) is 0.438. The molecule has 1 aromatic carbocycles. The zero-order valence-electron chi connectivity index (χ0n) is 12.7. The maximum atomic E-state index is 11.7. The molecule has 0 heterocycles. The van der Waals surface area contributed by atoms with Gasteiger partial charge >= 0.3 is 5.97 Å². The van der Waals surface area contributed by atoms with Crippen LogP contribution in [-0.2, 0) is 14.2 Å². The van der Waals surface area contributed by atoms with E-state index in [9.17, 15) is 4.79 Å². The van der Waals surface area contributed by atoms with Gasteiger partial charge in [0, 0.05) is 0 Å². The van der Waals surface area contributed by atoms with Gasteiger partial charge in [-0.3, -0.25) is 0 Å². The maximum Gasteiger partial charge on any atom is 0.338 e. The van der Waals surface area contributed by atoms with Gasteiger partial charge < -0.3 is 24.1 Å². The molecule has 1 aromatic rings. The summed E-state index contributed by atoms with van der Waals surface area (Å²) in [5, 5.41) is 8.78. The zero-order valence-corrected chi connectivity index (χ0v) is 12.7. The molecule has 6 heteroatoms. The second-order valence-electron chi connectivity index (χ2n) is 4.21. The Labute approximate surface area is 130 Å². The fourth-order valence-electron chi connectivity index (χ4n) is 1.60. The number of carbonyl (C=O) groups excluding carboxylic acids is 1. The van der Waals surface area contributed by atoms with Gasteiger partial charge in [-0.15, -0.1) is 6.58 Å². The largest absolute Gasteiger partial charge is 0.488 e. The molecule has 0 bridgehead atoms. The lowest BCUT2D eigenvalue weighted by Crippen LogP contribution is -2.26. The Bertz CT molecular complexity index is 460. The molecule has 122 valence electrons. The first-order valence-electron chi connectivity index (χ1n) is 7.06. The van der Waals surface area contributed by atoms with Crippen LogP contribution in [0.5, 0.6) is 5.75 Å². The molecule has 0 radical (unpaired) electrons. The summed E-state index contributed by atoms with van der Waals surface area (Å²) in [7, 11) is 0. The van der Waals surface area contributed by atoms with Crippen LogP contribution < -0.4 is 4.74 Å². The van der Waals surface area contributed by atoms with E-state index >= 15 is 0 Å². The van der Waals surface area contributed by atoms with Gasteiger partial charge in [-0.2, -0.15) is 0 Å². The first kappa shape index (κ1) is 18.2. The van der Waals surface area contributed by atoms with Crippen molar-refractivity contribution in [1.82, 2.24) is 0 Å². The second kappa shape index (κ2) is 10.8. The molecule has 22 heavy (non-hydrogen) atoms. The van der Waals surface area contributed by atoms with Crippen molar-refractivity contribution in [3.8, 4) is 5.75 Å². The van der Waals surface area contributed by atoms with Crippen molar-refractivity contribution in [2.45, 2.75) is 13.2 Å². The molecule has 0 aliphatic rings. The minimum Gasteiger partial charge on any atom is -0.488 e. The van der Waals surface area contributed by atoms with Gasteiger partial charge in [0.1, 0.15) is 12.4 Å². The van der Waals surface area contributed by atoms with Crippen LogP contribution in [0, 0.1) is 0 Å². The van der Waals surface area contributed by atoms with Crippen molar-refractivity contribution in [3.63, 3.8) is 0 Å². The number of rotatable bonds is 11. The number of esters is 1. The maximum absolute atomic E-state index is 11.7. The van der Waals surface area contributed by atoms with Crippen molar-refractivity contribution in [3.05, 3.63) is 42.5 Å². The Morgan fingerprint density at radius 2 is 2.23 bits per heavy atom. The quantitative estimate of drug-likeness (QED) is 0.381. The second-order valence-corrected chi connectivity index (χ2v) is 4.21. The molecule has 0 spiro atoms. The molecule has 0 fully saturated rings. The Morgan fingerprint density at radius 3 is 2.91 bits per heavy atom. The smallest absolute Gasteiger partial charge is 0.338 e. The fourth-order valence-corrected chi connectivity index (χ4v) is 1.60. The Hall–Kier alpha value is -1.89. The molecule has 1 atom stereocenters. The average Bonchev–Trinajstić information content (AvgIpc) is 2.54. The molecule has 0 aromatic heterocycles. The third-order valence-electron chi connectivity index (χ3n) is 2.53. The lowest BCUT2D eigenvalue weighted by Gasteiger charge is -2.18. The van der Waals surface area contributed by atoms with Crippen LogP contribution >= 0.6 is 0 Å². The Kier molecular flexibility index (Phi) is 8.90. The summed E-state index contributed by atoms with van der Waals surface area (Å²) in [6.45, 7) is 6.10. The molecule has 0 aliphatic carbocycles. The van der Waals surface area contributed by atoms with E-state index in [1.165, 1.54) is 0 Å². The summed E-state index contributed by atoms with van der Waals surface area (Å²) in [6, 6.07) is 6.67. The molecule has 0 saturated carbocycles. The van der Waals surface area contributed by atoms with Crippen LogP contribution in [0.4, 0.5) is 0 Å². The number of carbonyl (C=O) groups is 1. The summed E-state index contributed by atoms with van der Waals surface area (Å²) < 4.78 is 21.1. The number of aliphatic hydroxyl groups excluding tert-OH is 1. The summed E-state index contributed by atoms with van der Waals surface area (Å²) >= 11 is 0. The summed E-state index contributed by atoms with van der Waals surface area (Å²) in [4.78, 5) is 11.7. The van der Waals surface area contributed by atoms with E-state index in [-0.39, 0.29) is 19.8 Å². The van der Waals surface area contributed by atoms with Crippen molar-refractivity contribution in [2.24, 2.45) is 0 Å². The van der Waals surface area contributed by atoms with Gasteiger partial charge in [0.05, 0.1) is 32.0 Å². The van der Waals surface area contributed by atoms with Crippen LogP contribution in [0.2, 0.25) is 0 Å². The summed E-state index contributed by atoms with van der Waals surface area (Å²) in [6.07, 6.45) is 0.966. The monoisotopic (exact) mass is 310 g/mol. The molecular weight excluding hydrogens is 288 g/mol. The van der Waals surface area contributed by atoms with Crippen LogP contribution in [0.25, 0.3) is 0 Å². The van der Waals surface area contributed by atoms with Gasteiger partial charge in [0.2, 0.25) is 0 Å². The molecule has 0 aliphatic heterocycles. The molecular formula is C16H22O6. The lowest BCUT2D eigenvalue weighted by atomic mass is 10.2. The highest BCUT2D eigenvalue weighted by atomic mass is 16.7. The third-order valence-corrected chi connectivity index (χ3v) is 2.53. The zero-order chi connectivity index (χ0) is 16.2. The highest BCUT2D eigenvalue weighted by Crippen LogP contribution is 2.15. The first-order valence-corrected chi connectivity index (χ1v) is 7.06. The van der Waals surface area contributed by atoms with Gasteiger partial charge in [-0.25, -0.2) is 4.79 Å². The molecule has 0 amide bonds. The van der Waals surface area contributed by atoms with Gasteiger partial charge in [0.25, 0.3) is 0 Å². The van der Waals surface area contributed by atoms with E-state index in [0.29, 0.717) is 24.5 Å². The minimum absolute atomic E-state index is 0.105. The van der Waals surface area contributed by atoms with Crippen molar-refractivity contribution in [2.75, 3.05) is 33.0 Å². The van der Waals surface area contributed by atoms with Crippen LogP contribution in [-0.4, -0.2) is 50.4 Å². The lowest BCUT2D eigenvalue weighted by molar-refractivity contribution is -0.156. The van der Waals surface area contributed by atoms with E-state index < -0.39 is 12.3 Å². The molecule has 0 saturated heterocycles. The van der Waals surface area contributed by atoms with Gasteiger partial charge in [-0.05, 0) is 25.1 Å². The Balaban J connectivity index is 2.58. The van der Waals surface area contributed by atoms with E-state index in [1.54, 1.807) is 37.3 Å². The summed E-state index contributed by atoms with van der Waals surface area (Å²) in [5.74, 6) is 0.106. The number of hydrogen-bond acceptors (Lipinski definition) is 6. The van der Waals surface area contributed by atoms with Crippen molar-refractivity contribution >= 4 is 5.97 Å². The van der Waals surface area contributed by atoms with Crippen molar-refractivity contribution < 1.29 is 28.8 Å². The van der Waals surface area contributed by atoms with E-state index in [2.05, 4.69) is 6.58 Å². The highest BCUT2D eigenvalue weighted by molar-refractivity contribution is 5.89. The number of benzene rings is 1. The molecule has 1 rings (SSSR count). The van der Waals surface area contributed by atoms with E-state index in [4.69, 9.17) is 24.1 Å². The minimum atomic E-state index is -0.628. The van der Waals surface area contributed by atoms with Crippen molar-refractivity contribution in [1.29, 1.82) is 0 Å². The predicted octanol–water partition coefficient (Wildman–Crippen LogP) is 1.78. The topological polar surface area (TPSA) is 74.2 Å². The first-order chi connectivity index (χ1) is 10.7. The van der Waals surface area contributed by atoms with Crippen LogP contribution in [0.3, 0.4) is 0 Å².